The summed E-state index contributed by atoms with van der Waals surface area (Å²) in [5.74, 6) is -1.29. The molecule has 1 fully saturated rings. The Labute approximate surface area is 135 Å². The van der Waals surface area contributed by atoms with Crippen molar-refractivity contribution in [1.29, 1.82) is 0 Å². The van der Waals surface area contributed by atoms with Crippen LogP contribution in [0.5, 0.6) is 0 Å². The fourth-order valence-electron chi connectivity index (χ4n) is 2.35. The van der Waals surface area contributed by atoms with Crippen LogP contribution in [0.1, 0.15) is 32.3 Å². The van der Waals surface area contributed by atoms with E-state index in [9.17, 15) is 13.6 Å². The second kappa shape index (κ2) is 7.40. The summed E-state index contributed by atoms with van der Waals surface area (Å²) in [4.78, 5) is 12.2. The second-order valence-electron chi connectivity index (χ2n) is 5.47. The van der Waals surface area contributed by atoms with E-state index in [2.05, 4.69) is 10.6 Å². The van der Waals surface area contributed by atoms with E-state index < -0.39 is 11.6 Å². The first-order valence-electron chi connectivity index (χ1n) is 7.96. The number of Topliss-reactive ketones (excluding diaryl/α,β-unsaturated/α-hetero) is 1. The van der Waals surface area contributed by atoms with Gasteiger partial charge in [0.15, 0.2) is 11.6 Å². The van der Waals surface area contributed by atoms with Gasteiger partial charge in [0.1, 0.15) is 5.82 Å². The summed E-state index contributed by atoms with van der Waals surface area (Å²) in [7, 11) is 0. The number of ketones is 1. The van der Waals surface area contributed by atoms with Crippen molar-refractivity contribution in [3.05, 3.63) is 52.9 Å². The molecule has 0 saturated heterocycles. The minimum atomic E-state index is -0.590. The monoisotopic (exact) mass is 320 g/mol. The lowest BCUT2D eigenvalue weighted by Gasteiger charge is -2.20. The van der Waals surface area contributed by atoms with Crippen molar-refractivity contribution in [2.24, 2.45) is 5.92 Å². The normalized spacial score (nSPS) is 16.8. The maximum atomic E-state index is 14.0. The Balaban J connectivity index is 0.000000924. The number of dihydropyridines is 1. The molecule has 5 heteroatoms. The molecule has 2 N–H and O–H groups in total. The smallest absolute Gasteiger partial charge is 0.170 e. The van der Waals surface area contributed by atoms with Crippen molar-refractivity contribution in [2.45, 2.75) is 33.6 Å². The predicted octanol–water partition coefficient (Wildman–Crippen LogP) is 4.22. The van der Waals surface area contributed by atoms with Crippen LogP contribution >= 0.6 is 0 Å². The van der Waals surface area contributed by atoms with Gasteiger partial charge in [-0.25, -0.2) is 8.78 Å². The molecule has 0 bridgehead atoms. The number of aryl methyl sites for hydroxylation is 1. The largest absolute Gasteiger partial charge is 0.383 e. The number of hydrogen-bond acceptors (Lipinski definition) is 3. The van der Waals surface area contributed by atoms with E-state index >= 15 is 0 Å². The molecule has 3 rings (SSSR count). The van der Waals surface area contributed by atoms with Gasteiger partial charge in [0, 0.05) is 17.8 Å². The zero-order valence-corrected chi connectivity index (χ0v) is 13.7. The molecule has 1 aromatic rings. The van der Waals surface area contributed by atoms with E-state index in [1.54, 1.807) is 19.1 Å². The Morgan fingerprint density at radius 3 is 2.57 bits per heavy atom. The van der Waals surface area contributed by atoms with Gasteiger partial charge in [-0.3, -0.25) is 4.79 Å². The minimum Gasteiger partial charge on any atom is -0.383 e. The predicted molar refractivity (Wildman–Crippen MR) is 88.1 cm³/mol. The molecule has 0 unspecified atom stereocenters. The average Bonchev–Trinajstić information content (AvgIpc) is 3.36. The molecule has 0 spiro atoms. The quantitative estimate of drug-likeness (QED) is 0.873. The van der Waals surface area contributed by atoms with Crippen LogP contribution in [-0.4, -0.2) is 12.3 Å². The molecule has 1 aliphatic heterocycles. The highest BCUT2D eigenvalue weighted by molar-refractivity contribution is 6.03. The van der Waals surface area contributed by atoms with Crippen molar-refractivity contribution < 1.29 is 13.6 Å². The van der Waals surface area contributed by atoms with Crippen molar-refractivity contribution in [2.75, 3.05) is 11.9 Å². The number of halogens is 2. The third kappa shape index (κ3) is 3.97. The fraction of sp³-hybridized carbons (Fsp3) is 0.389. The summed E-state index contributed by atoms with van der Waals surface area (Å²) in [5, 5.41) is 5.61. The third-order valence-corrected chi connectivity index (χ3v) is 3.65. The number of nitrogens with one attached hydrogen (secondary N) is 2. The van der Waals surface area contributed by atoms with Gasteiger partial charge >= 0.3 is 0 Å². The maximum absolute atomic E-state index is 14.0. The molecule has 3 nitrogen and oxygen atoms in total. The number of benzene rings is 1. The topological polar surface area (TPSA) is 41.1 Å². The van der Waals surface area contributed by atoms with Crippen LogP contribution in [0.15, 0.2) is 41.5 Å². The van der Waals surface area contributed by atoms with Gasteiger partial charge in [-0.05, 0) is 37.5 Å². The highest BCUT2D eigenvalue weighted by atomic mass is 19.1. The molecular formula is C18H22F2N2O. The Hall–Kier alpha value is -2.17. The van der Waals surface area contributed by atoms with Gasteiger partial charge in [0.25, 0.3) is 0 Å². The van der Waals surface area contributed by atoms with Gasteiger partial charge in [0.2, 0.25) is 0 Å². The van der Waals surface area contributed by atoms with Crippen molar-refractivity contribution in [3.8, 4) is 0 Å². The van der Waals surface area contributed by atoms with Crippen LogP contribution in [0.25, 0.3) is 0 Å². The Kier molecular flexibility index (Phi) is 5.53. The van der Waals surface area contributed by atoms with Gasteiger partial charge < -0.3 is 10.6 Å². The van der Waals surface area contributed by atoms with Crippen LogP contribution in [0.2, 0.25) is 0 Å². The fourth-order valence-corrected chi connectivity index (χ4v) is 2.35. The van der Waals surface area contributed by atoms with Crippen molar-refractivity contribution in [3.63, 3.8) is 0 Å². The first kappa shape index (κ1) is 17.2. The SMILES string of the molecule is CC.Cc1ccc(NC2=C(C(=O)C3CC3)C(F)=CNC2)c(F)c1. The molecule has 0 radical (unpaired) electrons. The molecule has 1 aromatic carbocycles. The van der Waals surface area contributed by atoms with E-state index in [-0.39, 0.29) is 29.5 Å². The van der Waals surface area contributed by atoms with Gasteiger partial charge in [-0.15, -0.1) is 0 Å². The lowest BCUT2D eigenvalue weighted by atomic mass is 10.0. The molecular weight excluding hydrogens is 298 g/mol. The number of carbonyl (C=O) groups excluding carboxylic acids is 1. The van der Waals surface area contributed by atoms with Crippen LogP contribution in [0.3, 0.4) is 0 Å². The minimum absolute atomic E-state index is 0.0521. The molecule has 0 amide bonds. The first-order valence-corrected chi connectivity index (χ1v) is 7.96. The van der Waals surface area contributed by atoms with Gasteiger partial charge in [0.05, 0.1) is 17.8 Å². The summed E-state index contributed by atoms with van der Waals surface area (Å²) >= 11 is 0. The summed E-state index contributed by atoms with van der Waals surface area (Å²) in [6, 6.07) is 4.75. The molecule has 124 valence electrons. The van der Waals surface area contributed by atoms with Crippen LogP contribution in [0, 0.1) is 18.7 Å². The average molecular weight is 320 g/mol. The van der Waals surface area contributed by atoms with E-state index in [1.165, 1.54) is 12.3 Å². The molecule has 23 heavy (non-hydrogen) atoms. The summed E-state index contributed by atoms with van der Waals surface area (Å²) in [5.41, 5.74) is 1.48. The van der Waals surface area contributed by atoms with Crippen LogP contribution in [0.4, 0.5) is 14.5 Å². The number of anilines is 1. The van der Waals surface area contributed by atoms with Crippen molar-refractivity contribution in [1.82, 2.24) is 5.32 Å². The number of carbonyl (C=O) groups is 1. The van der Waals surface area contributed by atoms with Crippen LogP contribution < -0.4 is 10.6 Å². The standard InChI is InChI=1S/C16H16F2N2O.C2H6/c1-9-2-5-13(11(17)6-9)20-14-8-19-7-12(18)15(14)16(21)10-3-4-10;1-2/h2,5-7,10,19-20H,3-4,8H2,1H3;1-2H3. The lowest BCUT2D eigenvalue weighted by molar-refractivity contribution is -0.116. The number of allylic oxidation sites excluding steroid dienone is 2. The molecule has 1 saturated carbocycles. The summed E-state index contributed by atoms with van der Waals surface area (Å²) < 4.78 is 27.9. The van der Waals surface area contributed by atoms with E-state index in [1.807, 2.05) is 13.8 Å². The zero-order chi connectivity index (χ0) is 17.0. The maximum Gasteiger partial charge on any atom is 0.170 e. The molecule has 0 atom stereocenters. The second-order valence-corrected chi connectivity index (χ2v) is 5.47. The van der Waals surface area contributed by atoms with Gasteiger partial charge in [-0.2, -0.15) is 0 Å². The summed E-state index contributed by atoms with van der Waals surface area (Å²) in [6.07, 6.45) is 2.79. The Morgan fingerprint density at radius 2 is 1.96 bits per heavy atom. The van der Waals surface area contributed by atoms with Crippen molar-refractivity contribution >= 4 is 11.5 Å². The molecule has 0 aromatic heterocycles. The number of rotatable bonds is 4. The number of hydrogen-bond donors (Lipinski definition) is 2. The summed E-state index contributed by atoms with van der Waals surface area (Å²) in [6.45, 7) is 6.06. The molecule has 1 aliphatic carbocycles. The van der Waals surface area contributed by atoms with E-state index in [4.69, 9.17) is 0 Å². The molecule has 1 heterocycles. The first-order chi connectivity index (χ1) is 11.1. The molecule has 2 aliphatic rings. The van der Waals surface area contributed by atoms with Gasteiger partial charge in [-0.1, -0.05) is 19.9 Å². The van der Waals surface area contributed by atoms with E-state index in [0.717, 1.165) is 18.4 Å². The van der Waals surface area contributed by atoms with E-state index in [0.29, 0.717) is 5.70 Å². The zero-order valence-electron chi connectivity index (χ0n) is 13.7. The highest BCUT2D eigenvalue weighted by Gasteiger charge is 2.35. The lowest BCUT2D eigenvalue weighted by Crippen LogP contribution is -2.26. The van der Waals surface area contributed by atoms with Crippen LogP contribution in [-0.2, 0) is 4.79 Å². The third-order valence-electron chi connectivity index (χ3n) is 3.65. The highest BCUT2D eigenvalue weighted by Crippen LogP contribution is 2.36. The Morgan fingerprint density at radius 1 is 1.26 bits per heavy atom. The Bertz CT molecular complexity index is 661.